The monoisotopic (exact) mass is 209 g/mol. The molecular weight excluding hydrogens is 182 g/mol. The van der Waals surface area contributed by atoms with E-state index < -0.39 is 0 Å². The quantitative estimate of drug-likeness (QED) is 0.615. The summed E-state index contributed by atoms with van der Waals surface area (Å²) in [4.78, 5) is 2.35. The average molecular weight is 209 g/mol. The molecule has 0 unspecified atom stereocenters. The molecule has 0 aromatic carbocycles. The van der Waals surface area contributed by atoms with Crippen molar-refractivity contribution in [3.8, 4) is 0 Å². The summed E-state index contributed by atoms with van der Waals surface area (Å²) in [6, 6.07) is 0. The maximum absolute atomic E-state index is 3.98. The Labute approximate surface area is 95.9 Å². The molecule has 1 aliphatic heterocycles. The second-order valence-corrected chi connectivity index (χ2v) is 4.45. The molecule has 0 saturated carbocycles. The van der Waals surface area contributed by atoms with E-state index in [1.807, 2.05) is 6.08 Å². The van der Waals surface area contributed by atoms with Crippen LogP contribution in [0, 0.1) is 5.92 Å². The van der Waals surface area contributed by atoms with E-state index in [2.05, 4.69) is 38.8 Å². The number of rotatable bonds is 2. The molecule has 1 atom stereocenters. The number of nitrogens with zero attached hydrogens (tertiary/aromatic N) is 1. The zero-order valence-electron chi connectivity index (χ0n) is 10.8. The van der Waals surface area contributed by atoms with Crippen LogP contribution in [0.1, 0.15) is 46.5 Å². The summed E-state index contributed by atoms with van der Waals surface area (Å²) in [5.41, 5.74) is 1.09. The van der Waals surface area contributed by atoms with Crippen molar-refractivity contribution in [2.24, 2.45) is 5.92 Å². The topological polar surface area (TPSA) is 3.24 Å². The Bertz CT molecular complexity index is 184. The highest BCUT2D eigenvalue weighted by molar-refractivity contribution is 5.10. The molecule has 1 fully saturated rings. The van der Waals surface area contributed by atoms with Gasteiger partial charge in [0.25, 0.3) is 0 Å². The van der Waals surface area contributed by atoms with Gasteiger partial charge in [0.05, 0.1) is 0 Å². The van der Waals surface area contributed by atoms with E-state index in [1.165, 1.54) is 25.7 Å². The summed E-state index contributed by atoms with van der Waals surface area (Å²) in [5, 5.41) is 0. The first kappa shape index (κ1) is 14.3. The molecule has 0 radical (unpaired) electrons. The van der Waals surface area contributed by atoms with Crippen LogP contribution in [0.3, 0.4) is 0 Å². The molecule has 0 bridgehead atoms. The number of hydrogen-bond acceptors (Lipinski definition) is 1. The van der Waals surface area contributed by atoms with Crippen LogP contribution in [0.4, 0.5) is 0 Å². The molecule has 0 aromatic rings. The lowest BCUT2D eigenvalue weighted by molar-refractivity contribution is 0.329. The van der Waals surface area contributed by atoms with Crippen molar-refractivity contribution in [1.82, 2.24) is 4.90 Å². The van der Waals surface area contributed by atoms with E-state index in [1.54, 1.807) is 0 Å². The summed E-state index contributed by atoms with van der Waals surface area (Å²) < 4.78 is 0. The fraction of sp³-hybridized carbons (Fsp3) is 0.714. The predicted octanol–water partition coefficient (Wildman–Crippen LogP) is 4.22. The fourth-order valence-electron chi connectivity index (χ4n) is 1.74. The zero-order chi connectivity index (χ0) is 11.7. The summed E-state index contributed by atoms with van der Waals surface area (Å²) in [6.07, 6.45) is 7.14. The van der Waals surface area contributed by atoms with Crippen molar-refractivity contribution in [3.63, 3.8) is 0 Å². The smallest absolute Gasteiger partial charge is 0.0287 e. The highest BCUT2D eigenvalue weighted by Gasteiger charge is 2.13. The maximum Gasteiger partial charge on any atom is 0.0287 e. The van der Waals surface area contributed by atoms with Gasteiger partial charge in [-0.25, -0.2) is 0 Å². The average Bonchev–Trinajstić information content (AvgIpc) is 2.43. The minimum Gasteiger partial charge on any atom is -0.372 e. The van der Waals surface area contributed by atoms with Crippen LogP contribution in [0.2, 0.25) is 0 Å². The summed E-state index contributed by atoms with van der Waals surface area (Å²) in [7, 11) is 0. The molecule has 1 heteroatoms. The molecule has 0 aromatic heterocycles. The van der Waals surface area contributed by atoms with Crippen molar-refractivity contribution in [2.45, 2.75) is 46.5 Å². The molecule has 88 valence electrons. The zero-order valence-corrected chi connectivity index (χ0v) is 10.8. The van der Waals surface area contributed by atoms with Gasteiger partial charge in [-0.15, -0.1) is 0 Å². The Kier molecular flexibility index (Phi) is 8.17. The highest BCUT2D eigenvalue weighted by Crippen LogP contribution is 2.18. The third-order valence-corrected chi connectivity index (χ3v) is 2.55. The lowest BCUT2D eigenvalue weighted by Gasteiger charge is -2.24. The molecular formula is C14H27N. The van der Waals surface area contributed by atoms with Crippen molar-refractivity contribution >= 4 is 0 Å². The van der Waals surface area contributed by atoms with Gasteiger partial charge in [-0.2, -0.15) is 0 Å². The molecule has 1 aliphatic rings. The van der Waals surface area contributed by atoms with Crippen LogP contribution >= 0.6 is 0 Å². The van der Waals surface area contributed by atoms with Crippen LogP contribution in [0.15, 0.2) is 24.9 Å². The van der Waals surface area contributed by atoms with Gasteiger partial charge in [0.2, 0.25) is 0 Å². The lowest BCUT2D eigenvalue weighted by Crippen LogP contribution is -2.25. The molecule has 15 heavy (non-hydrogen) atoms. The van der Waals surface area contributed by atoms with E-state index >= 15 is 0 Å². The number of likely N-dealkylation sites (tertiary alicyclic amines) is 1. The molecule has 0 amide bonds. The van der Waals surface area contributed by atoms with Crippen LogP contribution in [-0.2, 0) is 0 Å². The van der Waals surface area contributed by atoms with Crippen molar-refractivity contribution in [2.75, 3.05) is 13.1 Å². The van der Waals surface area contributed by atoms with Gasteiger partial charge < -0.3 is 4.90 Å². The van der Waals surface area contributed by atoms with Gasteiger partial charge in [-0.05, 0) is 24.8 Å². The third kappa shape index (κ3) is 6.38. The minimum absolute atomic E-state index is 0.809. The SMILES string of the molecule is C=CC(=C)N1CCCC[C@@H](C)C1.CCC. The van der Waals surface area contributed by atoms with Crippen LogP contribution in [0.25, 0.3) is 0 Å². The van der Waals surface area contributed by atoms with Gasteiger partial charge >= 0.3 is 0 Å². The van der Waals surface area contributed by atoms with E-state index in [4.69, 9.17) is 0 Å². The first-order valence-electron chi connectivity index (χ1n) is 6.21. The van der Waals surface area contributed by atoms with Gasteiger partial charge in [0, 0.05) is 18.8 Å². The van der Waals surface area contributed by atoms with E-state index in [0.717, 1.165) is 24.7 Å². The Hall–Kier alpha value is -0.720. The Morgan fingerprint density at radius 3 is 2.53 bits per heavy atom. The molecule has 0 aliphatic carbocycles. The molecule has 1 heterocycles. The second kappa shape index (κ2) is 8.58. The van der Waals surface area contributed by atoms with Crippen LogP contribution < -0.4 is 0 Å². The Morgan fingerprint density at radius 1 is 1.40 bits per heavy atom. The summed E-state index contributed by atoms with van der Waals surface area (Å²) >= 11 is 0. The second-order valence-electron chi connectivity index (χ2n) is 4.45. The van der Waals surface area contributed by atoms with Gasteiger partial charge in [-0.3, -0.25) is 0 Å². The highest BCUT2D eigenvalue weighted by atomic mass is 15.1. The van der Waals surface area contributed by atoms with Crippen LogP contribution in [0.5, 0.6) is 0 Å². The first-order chi connectivity index (χ1) is 7.15. The fourth-order valence-corrected chi connectivity index (χ4v) is 1.74. The first-order valence-corrected chi connectivity index (χ1v) is 6.21. The molecule has 1 nitrogen and oxygen atoms in total. The summed E-state index contributed by atoms with van der Waals surface area (Å²) in [6.45, 7) is 16.6. The number of hydrogen-bond donors (Lipinski definition) is 0. The van der Waals surface area contributed by atoms with Crippen LogP contribution in [-0.4, -0.2) is 18.0 Å². The van der Waals surface area contributed by atoms with Gasteiger partial charge in [0.15, 0.2) is 0 Å². The van der Waals surface area contributed by atoms with Gasteiger partial charge in [0.1, 0.15) is 0 Å². The Morgan fingerprint density at radius 2 is 2.00 bits per heavy atom. The normalized spacial score (nSPS) is 21.0. The van der Waals surface area contributed by atoms with E-state index in [-0.39, 0.29) is 0 Å². The van der Waals surface area contributed by atoms with Crippen molar-refractivity contribution in [3.05, 3.63) is 24.9 Å². The van der Waals surface area contributed by atoms with E-state index in [0.29, 0.717) is 0 Å². The standard InChI is InChI=1S/C11H19N.C3H8/c1-4-11(3)12-8-6-5-7-10(2)9-12;1-3-2/h4,10H,1,3,5-9H2,2H3;3H2,1-2H3/t10-;/m1./s1. The Balaban J connectivity index is 0.000000583. The molecule has 1 rings (SSSR count). The maximum atomic E-state index is 3.98. The largest absolute Gasteiger partial charge is 0.372 e. The molecule has 0 spiro atoms. The predicted molar refractivity (Wildman–Crippen MR) is 69.9 cm³/mol. The summed E-state index contributed by atoms with van der Waals surface area (Å²) in [5.74, 6) is 0.809. The van der Waals surface area contributed by atoms with Gasteiger partial charge in [-0.1, -0.05) is 46.8 Å². The minimum atomic E-state index is 0.809. The third-order valence-electron chi connectivity index (χ3n) is 2.55. The van der Waals surface area contributed by atoms with E-state index in [9.17, 15) is 0 Å². The molecule has 0 N–H and O–H groups in total. The van der Waals surface area contributed by atoms with Crippen molar-refractivity contribution in [1.29, 1.82) is 0 Å². The lowest BCUT2D eigenvalue weighted by atomic mass is 10.1. The molecule has 1 saturated heterocycles. The number of allylic oxidation sites excluding steroid dienone is 1. The van der Waals surface area contributed by atoms with Crippen molar-refractivity contribution < 1.29 is 0 Å².